The minimum absolute atomic E-state index is 0.174. The first-order valence-electron chi connectivity index (χ1n) is 6.63. The van der Waals surface area contributed by atoms with Gasteiger partial charge in [-0.2, -0.15) is 0 Å². The van der Waals surface area contributed by atoms with Gasteiger partial charge in [0.25, 0.3) is 0 Å². The molecule has 0 spiro atoms. The lowest BCUT2D eigenvalue weighted by Crippen LogP contribution is -2.24. The number of esters is 2. The minimum atomic E-state index is -0.174. The first-order chi connectivity index (χ1) is 8.67. The van der Waals surface area contributed by atoms with Gasteiger partial charge in [-0.15, -0.1) is 0 Å². The Bertz CT molecular complexity index is 279. The fraction of sp³-hybridized carbons (Fsp3) is 0.714. The van der Waals surface area contributed by atoms with Gasteiger partial charge in [0, 0.05) is 12.8 Å². The first kappa shape index (κ1) is 14.7. The van der Waals surface area contributed by atoms with Crippen LogP contribution in [0.4, 0.5) is 0 Å². The first-order valence-corrected chi connectivity index (χ1v) is 6.63. The van der Waals surface area contributed by atoms with Gasteiger partial charge < -0.3 is 9.47 Å². The standard InChI is InChI=1S/C14H22O4/c1-3-17-13(15)9-11-7-5-6-8-12(11)10-14(16)18-4-2/h5-6,11-12H,3-4,7-10H2,1-2H3. The third kappa shape index (κ3) is 4.90. The van der Waals surface area contributed by atoms with E-state index in [0.29, 0.717) is 26.1 Å². The van der Waals surface area contributed by atoms with Crippen LogP contribution in [0.3, 0.4) is 0 Å². The van der Waals surface area contributed by atoms with Crippen molar-refractivity contribution < 1.29 is 19.1 Å². The van der Waals surface area contributed by atoms with Crippen molar-refractivity contribution in [3.05, 3.63) is 12.2 Å². The van der Waals surface area contributed by atoms with E-state index < -0.39 is 0 Å². The molecule has 0 bridgehead atoms. The molecule has 0 saturated carbocycles. The minimum Gasteiger partial charge on any atom is -0.466 e. The average molecular weight is 254 g/mol. The van der Waals surface area contributed by atoms with Crippen LogP contribution in [0.15, 0.2) is 12.2 Å². The summed E-state index contributed by atoms with van der Waals surface area (Å²) in [6.07, 6.45) is 6.60. The van der Waals surface area contributed by atoms with Crippen molar-refractivity contribution in [3.8, 4) is 0 Å². The third-order valence-corrected chi connectivity index (χ3v) is 3.18. The summed E-state index contributed by atoms with van der Waals surface area (Å²) < 4.78 is 9.93. The fourth-order valence-corrected chi connectivity index (χ4v) is 2.29. The van der Waals surface area contributed by atoms with Gasteiger partial charge in [0.2, 0.25) is 0 Å². The summed E-state index contributed by atoms with van der Waals surface area (Å²) in [5, 5.41) is 0. The Morgan fingerprint density at radius 2 is 1.33 bits per heavy atom. The van der Waals surface area contributed by atoms with Crippen molar-refractivity contribution in [3.63, 3.8) is 0 Å². The van der Waals surface area contributed by atoms with E-state index in [9.17, 15) is 9.59 Å². The van der Waals surface area contributed by atoms with E-state index in [2.05, 4.69) is 12.2 Å². The maximum Gasteiger partial charge on any atom is 0.306 e. The molecule has 2 atom stereocenters. The summed E-state index contributed by atoms with van der Waals surface area (Å²) in [5.74, 6) is 0.0372. The summed E-state index contributed by atoms with van der Waals surface area (Å²) in [4.78, 5) is 23.0. The Hall–Kier alpha value is -1.32. The topological polar surface area (TPSA) is 52.6 Å². The van der Waals surface area contributed by atoms with E-state index in [0.717, 1.165) is 12.8 Å². The van der Waals surface area contributed by atoms with Crippen LogP contribution in [0.5, 0.6) is 0 Å². The zero-order chi connectivity index (χ0) is 13.4. The lowest BCUT2D eigenvalue weighted by molar-refractivity contribution is -0.148. The van der Waals surface area contributed by atoms with Crippen LogP contribution < -0.4 is 0 Å². The zero-order valence-corrected chi connectivity index (χ0v) is 11.2. The molecule has 1 aliphatic rings. The Balaban J connectivity index is 2.49. The number of hydrogen-bond donors (Lipinski definition) is 0. The number of rotatable bonds is 6. The fourth-order valence-electron chi connectivity index (χ4n) is 2.29. The maximum atomic E-state index is 11.5. The zero-order valence-electron chi connectivity index (χ0n) is 11.2. The molecule has 0 aromatic heterocycles. The Morgan fingerprint density at radius 3 is 1.67 bits per heavy atom. The Morgan fingerprint density at radius 1 is 0.944 bits per heavy atom. The van der Waals surface area contributed by atoms with Crippen LogP contribution in [0, 0.1) is 11.8 Å². The number of hydrogen-bond acceptors (Lipinski definition) is 4. The normalized spacial score (nSPS) is 22.6. The summed E-state index contributed by atoms with van der Waals surface area (Å²) in [7, 11) is 0. The van der Waals surface area contributed by atoms with E-state index in [1.807, 2.05) is 0 Å². The molecule has 4 nitrogen and oxygen atoms in total. The molecule has 0 aliphatic heterocycles. The molecule has 0 radical (unpaired) electrons. The van der Waals surface area contributed by atoms with Gasteiger partial charge in [-0.1, -0.05) is 12.2 Å². The van der Waals surface area contributed by atoms with Crippen LogP contribution in [-0.4, -0.2) is 25.2 Å². The van der Waals surface area contributed by atoms with Crippen LogP contribution >= 0.6 is 0 Å². The second-order valence-electron chi connectivity index (χ2n) is 4.48. The predicted octanol–water partition coefficient (Wildman–Crippen LogP) is 2.48. The van der Waals surface area contributed by atoms with Gasteiger partial charge in [0.15, 0.2) is 0 Å². The van der Waals surface area contributed by atoms with Gasteiger partial charge in [-0.05, 0) is 38.5 Å². The van der Waals surface area contributed by atoms with Crippen LogP contribution in [-0.2, 0) is 19.1 Å². The van der Waals surface area contributed by atoms with Gasteiger partial charge in [-0.25, -0.2) is 0 Å². The van der Waals surface area contributed by atoms with Crippen molar-refractivity contribution in [2.75, 3.05) is 13.2 Å². The molecule has 0 saturated heterocycles. The Kier molecular flexibility index (Phi) is 6.47. The largest absolute Gasteiger partial charge is 0.466 e. The summed E-state index contributed by atoms with van der Waals surface area (Å²) >= 11 is 0. The highest BCUT2D eigenvalue weighted by molar-refractivity contribution is 5.71. The van der Waals surface area contributed by atoms with Crippen molar-refractivity contribution in [2.24, 2.45) is 11.8 Å². The Labute approximate surface area is 108 Å². The highest BCUT2D eigenvalue weighted by atomic mass is 16.5. The monoisotopic (exact) mass is 254 g/mol. The molecule has 1 rings (SSSR count). The van der Waals surface area contributed by atoms with Gasteiger partial charge in [0.05, 0.1) is 13.2 Å². The predicted molar refractivity (Wildman–Crippen MR) is 67.9 cm³/mol. The lowest BCUT2D eigenvalue weighted by Gasteiger charge is -2.27. The van der Waals surface area contributed by atoms with Crippen molar-refractivity contribution >= 4 is 11.9 Å². The molecule has 0 amide bonds. The molecule has 0 aromatic rings. The average Bonchev–Trinajstić information content (AvgIpc) is 2.32. The quantitative estimate of drug-likeness (QED) is 0.539. The van der Waals surface area contributed by atoms with Crippen LogP contribution in [0.25, 0.3) is 0 Å². The maximum absolute atomic E-state index is 11.5. The molecule has 0 aromatic carbocycles. The molecular formula is C14H22O4. The molecule has 0 N–H and O–H groups in total. The van der Waals surface area contributed by atoms with E-state index in [4.69, 9.17) is 9.47 Å². The number of ether oxygens (including phenoxy) is 2. The number of carbonyl (C=O) groups excluding carboxylic acids is 2. The highest BCUT2D eigenvalue weighted by Gasteiger charge is 2.27. The summed E-state index contributed by atoms with van der Waals surface area (Å²) in [6.45, 7) is 4.41. The van der Waals surface area contributed by atoms with E-state index >= 15 is 0 Å². The highest BCUT2D eigenvalue weighted by Crippen LogP contribution is 2.31. The van der Waals surface area contributed by atoms with Crippen LogP contribution in [0.2, 0.25) is 0 Å². The molecule has 4 heteroatoms. The molecular weight excluding hydrogens is 232 g/mol. The van der Waals surface area contributed by atoms with Crippen molar-refractivity contribution in [2.45, 2.75) is 39.5 Å². The van der Waals surface area contributed by atoms with Crippen molar-refractivity contribution in [1.82, 2.24) is 0 Å². The van der Waals surface area contributed by atoms with E-state index in [1.54, 1.807) is 13.8 Å². The molecule has 18 heavy (non-hydrogen) atoms. The van der Waals surface area contributed by atoms with Gasteiger partial charge >= 0.3 is 11.9 Å². The number of carbonyl (C=O) groups is 2. The van der Waals surface area contributed by atoms with Crippen molar-refractivity contribution in [1.29, 1.82) is 0 Å². The van der Waals surface area contributed by atoms with Crippen LogP contribution in [0.1, 0.15) is 39.5 Å². The molecule has 1 aliphatic carbocycles. The molecule has 0 heterocycles. The van der Waals surface area contributed by atoms with E-state index in [-0.39, 0.29) is 23.8 Å². The molecule has 2 unspecified atom stereocenters. The SMILES string of the molecule is CCOC(=O)CC1CC=CCC1CC(=O)OCC. The van der Waals surface area contributed by atoms with Gasteiger partial charge in [-0.3, -0.25) is 9.59 Å². The van der Waals surface area contributed by atoms with Gasteiger partial charge in [0.1, 0.15) is 0 Å². The number of allylic oxidation sites excluding steroid dienone is 2. The third-order valence-electron chi connectivity index (χ3n) is 3.18. The second kappa shape index (κ2) is 7.90. The summed E-state index contributed by atoms with van der Waals surface area (Å²) in [6, 6.07) is 0. The second-order valence-corrected chi connectivity index (χ2v) is 4.48. The molecule has 102 valence electrons. The smallest absolute Gasteiger partial charge is 0.306 e. The summed E-state index contributed by atoms with van der Waals surface area (Å²) in [5.41, 5.74) is 0. The lowest BCUT2D eigenvalue weighted by atomic mass is 9.79. The molecule has 0 fully saturated rings. The van der Waals surface area contributed by atoms with E-state index in [1.165, 1.54) is 0 Å².